The van der Waals surface area contributed by atoms with Gasteiger partial charge in [-0.2, -0.15) is 0 Å². The van der Waals surface area contributed by atoms with E-state index in [0.717, 1.165) is 12.0 Å². The minimum absolute atomic E-state index is 0.0390. The van der Waals surface area contributed by atoms with Gasteiger partial charge in [0.1, 0.15) is 0 Å². The van der Waals surface area contributed by atoms with E-state index in [9.17, 15) is 9.59 Å². The molecule has 0 bridgehead atoms. The highest BCUT2D eigenvalue weighted by Gasteiger charge is 2.22. The summed E-state index contributed by atoms with van der Waals surface area (Å²) in [4.78, 5) is 32.7. The number of benzene rings is 1. The van der Waals surface area contributed by atoms with E-state index in [2.05, 4.69) is 4.98 Å². The molecule has 1 fully saturated rings. The number of carbonyl (C=O) groups is 2. The van der Waals surface area contributed by atoms with Gasteiger partial charge in [0, 0.05) is 44.1 Å². The maximum absolute atomic E-state index is 12.5. The van der Waals surface area contributed by atoms with Crippen LogP contribution in [0.2, 0.25) is 0 Å². The summed E-state index contributed by atoms with van der Waals surface area (Å²) in [6.07, 6.45) is 4.59. The zero-order chi connectivity index (χ0) is 16.8. The van der Waals surface area contributed by atoms with Crippen LogP contribution in [-0.4, -0.2) is 52.8 Å². The summed E-state index contributed by atoms with van der Waals surface area (Å²) in [6, 6.07) is 13.1. The van der Waals surface area contributed by atoms with E-state index in [0.29, 0.717) is 38.2 Å². The molecule has 24 heavy (non-hydrogen) atoms. The first kappa shape index (κ1) is 16.2. The van der Waals surface area contributed by atoms with Gasteiger partial charge in [-0.3, -0.25) is 14.6 Å². The van der Waals surface area contributed by atoms with Crippen LogP contribution in [0.4, 0.5) is 0 Å². The van der Waals surface area contributed by atoms with Gasteiger partial charge in [-0.15, -0.1) is 0 Å². The second kappa shape index (κ2) is 7.73. The molecule has 0 N–H and O–H groups in total. The van der Waals surface area contributed by atoms with E-state index in [1.54, 1.807) is 12.4 Å². The second-order valence-electron chi connectivity index (χ2n) is 5.93. The average Bonchev–Trinajstić information content (AvgIpc) is 2.89. The topological polar surface area (TPSA) is 53.5 Å². The molecular weight excluding hydrogens is 302 g/mol. The molecule has 5 heteroatoms. The number of hydrogen-bond acceptors (Lipinski definition) is 3. The van der Waals surface area contributed by atoms with Crippen molar-refractivity contribution in [3.63, 3.8) is 0 Å². The Bertz CT molecular complexity index is 688. The van der Waals surface area contributed by atoms with Gasteiger partial charge >= 0.3 is 0 Å². The minimum atomic E-state index is 0.0390. The van der Waals surface area contributed by atoms with Crippen LogP contribution in [0.3, 0.4) is 0 Å². The Morgan fingerprint density at radius 1 is 0.917 bits per heavy atom. The van der Waals surface area contributed by atoms with Crippen molar-refractivity contribution in [1.29, 1.82) is 0 Å². The third-order valence-corrected chi connectivity index (χ3v) is 4.23. The van der Waals surface area contributed by atoms with E-state index >= 15 is 0 Å². The van der Waals surface area contributed by atoms with Crippen molar-refractivity contribution in [3.05, 3.63) is 66.0 Å². The highest BCUT2D eigenvalue weighted by atomic mass is 16.2. The molecule has 1 aliphatic rings. The third kappa shape index (κ3) is 3.98. The van der Waals surface area contributed by atoms with Crippen LogP contribution in [-0.2, 0) is 11.2 Å². The highest BCUT2D eigenvalue weighted by Crippen LogP contribution is 2.10. The number of aromatic nitrogens is 1. The van der Waals surface area contributed by atoms with Gasteiger partial charge in [-0.25, -0.2) is 0 Å². The van der Waals surface area contributed by atoms with Crippen molar-refractivity contribution >= 4 is 11.8 Å². The van der Waals surface area contributed by atoms with Crippen LogP contribution in [0.5, 0.6) is 0 Å². The normalized spacial score (nSPS) is 15.0. The maximum atomic E-state index is 12.5. The van der Waals surface area contributed by atoms with Crippen molar-refractivity contribution in [3.8, 4) is 0 Å². The molecule has 1 aliphatic heterocycles. The van der Waals surface area contributed by atoms with Crippen LogP contribution >= 0.6 is 0 Å². The number of hydrogen-bond donors (Lipinski definition) is 0. The quantitative estimate of drug-likeness (QED) is 0.868. The van der Waals surface area contributed by atoms with E-state index in [1.165, 1.54) is 0 Å². The lowest BCUT2D eigenvalue weighted by molar-refractivity contribution is -0.130. The molecule has 0 radical (unpaired) electrons. The van der Waals surface area contributed by atoms with Crippen LogP contribution in [0.1, 0.15) is 22.3 Å². The van der Waals surface area contributed by atoms with Crippen molar-refractivity contribution in [1.82, 2.24) is 14.8 Å². The first-order valence-corrected chi connectivity index (χ1v) is 8.25. The number of rotatable bonds is 3. The molecule has 124 valence electrons. The molecule has 0 aliphatic carbocycles. The molecule has 3 rings (SSSR count). The maximum Gasteiger partial charge on any atom is 0.253 e. The Morgan fingerprint density at radius 2 is 1.67 bits per heavy atom. The SMILES string of the molecule is O=C(Cc1cccnc1)N1CCCN(C(=O)c2ccccc2)CC1. The lowest BCUT2D eigenvalue weighted by Crippen LogP contribution is -2.38. The molecule has 2 amide bonds. The van der Waals surface area contributed by atoms with Gasteiger partial charge in [-0.1, -0.05) is 24.3 Å². The van der Waals surface area contributed by atoms with Gasteiger partial charge < -0.3 is 9.80 Å². The Morgan fingerprint density at radius 3 is 2.42 bits per heavy atom. The molecule has 1 saturated heterocycles. The van der Waals surface area contributed by atoms with E-state index in [-0.39, 0.29) is 11.8 Å². The lowest BCUT2D eigenvalue weighted by Gasteiger charge is -2.22. The van der Waals surface area contributed by atoms with Gasteiger partial charge in [0.25, 0.3) is 5.91 Å². The van der Waals surface area contributed by atoms with Crippen LogP contribution in [0.15, 0.2) is 54.9 Å². The van der Waals surface area contributed by atoms with Crippen LogP contribution in [0, 0.1) is 0 Å². The summed E-state index contributed by atoms with van der Waals surface area (Å²) in [7, 11) is 0. The molecule has 5 nitrogen and oxygen atoms in total. The summed E-state index contributed by atoms with van der Waals surface area (Å²) in [6.45, 7) is 2.53. The largest absolute Gasteiger partial charge is 0.341 e. The highest BCUT2D eigenvalue weighted by molar-refractivity contribution is 5.94. The molecule has 2 heterocycles. The van der Waals surface area contributed by atoms with E-state index < -0.39 is 0 Å². The number of pyridine rings is 1. The standard InChI is InChI=1S/C19H21N3O2/c23-18(14-16-6-4-9-20-15-16)21-10-5-11-22(13-12-21)19(24)17-7-2-1-3-8-17/h1-4,6-9,15H,5,10-14H2. The molecule has 0 atom stereocenters. The summed E-state index contributed by atoms with van der Waals surface area (Å²) < 4.78 is 0. The molecule has 2 aromatic rings. The molecular formula is C19H21N3O2. The Balaban J connectivity index is 1.59. The Kier molecular flexibility index (Phi) is 5.21. The fourth-order valence-corrected chi connectivity index (χ4v) is 2.92. The van der Waals surface area contributed by atoms with Gasteiger partial charge in [0.05, 0.1) is 6.42 Å². The predicted molar refractivity (Wildman–Crippen MR) is 91.5 cm³/mol. The average molecular weight is 323 g/mol. The molecule has 1 aromatic carbocycles. The molecule has 0 saturated carbocycles. The zero-order valence-electron chi connectivity index (χ0n) is 13.6. The third-order valence-electron chi connectivity index (χ3n) is 4.23. The first-order chi connectivity index (χ1) is 11.7. The minimum Gasteiger partial charge on any atom is -0.341 e. The van der Waals surface area contributed by atoms with Crippen molar-refractivity contribution in [2.45, 2.75) is 12.8 Å². The van der Waals surface area contributed by atoms with Gasteiger partial charge in [0.15, 0.2) is 0 Å². The second-order valence-corrected chi connectivity index (χ2v) is 5.93. The summed E-state index contributed by atoms with van der Waals surface area (Å²) in [5, 5.41) is 0. The fourth-order valence-electron chi connectivity index (χ4n) is 2.92. The summed E-state index contributed by atoms with van der Waals surface area (Å²) in [5.74, 6) is 0.133. The molecule has 1 aromatic heterocycles. The number of amides is 2. The van der Waals surface area contributed by atoms with Crippen molar-refractivity contribution in [2.24, 2.45) is 0 Å². The monoisotopic (exact) mass is 323 g/mol. The fraction of sp³-hybridized carbons (Fsp3) is 0.316. The zero-order valence-corrected chi connectivity index (χ0v) is 13.6. The Labute approximate surface area is 141 Å². The molecule has 0 spiro atoms. The van der Waals surface area contributed by atoms with Crippen molar-refractivity contribution in [2.75, 3.05) is 26.2 Å². The summed E-state index contributed by atoms with van der Waals surface area (Å²) >= 11 is 0. The number of carbonyl (C=O) groups excluding carboxylic acids is 2. The van der Waals surface area contributed by atoms with Crippen LogP contribution < -0.4 is 0 Å². The number of nitrogens with zero attached hydrogens (tertiary/aromatic N) is 3. The predicted octanol–water partition coefficient (Wildman–Crippen LogP) is 2.00. The van der Waals surface area contributed by atoms with E-state index in [1.807, 2.05) is 52.3 Å². The van der Waals surface area contributed by atoms with Gasteiger partial charge in [-0.05, 0) is 30.2 Å². The van der Waals surface area contributed by atoms with Crippen molar-refractivity contribution < 1.29 is 9.59 Å². The lowest BCUT2D eigenvalue weighted by atomic mass is 10.2. The van der Waals surface area contributed by atoms with Gasteiger partial charge in [0.2, 0.25) is 5.91 Å². The summed E-state index contributed by atoms with van der Waals surface area (Å²) in [5.41, 5.74) is 1.62. The Hall–Kier alpha value is -2.69. The first-order valence-electron chi connectivity index (χ1n) is 8.25. The van der Waals surface area contributed by atoms with Crippen LogP contribution in [0.25, 0.3) is 0 Å². The van der Waals surface area contributed by atoms with E-state index in [4.69, 9.17) is 0 Å². The smallest absolute Gasteiger partial charge is 0.253 e. The molecule has 0 unspecified atom stereocenters.